The van der Waals surface area contributed by atoms with Gasteiger partial charge in [-0.2, -0.15) is 0 Å². The molecular weight excluding hydrogens is 258 g/mol. The first-order chi connectivity index (χ1) is 10.1. The van der Waals surface area contributed by atoms with Crippen LogP contribution in [0.5, 0.6) is 0 Å². The Bertz CT molecular complexity index is 435. The Morgan fingerprint density at radius 1 is 1.10 bits per heavy atom. The Morgan fingerprint density at radius 2 is 1.81 bits per heavy atom. The minimum absolute atomic E-state index is 0.535. The van der Waals surface area contributed by atoms with Gasteiger partial charge in [0.05, 0.1) is 0 Å². The summed E-state index contributed by atoms with van der Waals surface area (Å²) in [5, 5.41) is 3.95. The molecule has 1 aliphatic heterocycles. The van der Waals surface area contributed by atoms with Crippen molar-refractivity contribution in [1.29, 1.82) is 0 Å². The van der Waals surface area contributed by atoms with Crippen LogP contribution in [0.25, 0.3) is 0 Å². The molecule has 3 rings (SSSR count). The molecule has 3 heteroatoms. The van der Waals surface area contributed by atoms with Crippen molar-refractivity contribution in [1.82, 2.24) is 10.3 Å². The number of rotatable bonds is 3. The number of pyridine rings is 1. The second-order valence-corrected chi connectivity index (χ2v) is 7.59. The molecule has 0 radical (unpaired) electrons. The zero-order valence-electron chi connectivity index (χ0n) is 13.5. The monoisotopic (exact) mass is 287 g/mol. The third kappa shape index (κ3) is 3.97. The summed E-state index contributed by atoms with van der Waals surface area (Å²) in [7, 11) is 0. The molecule has 2 heterocycles. The van der Waals surface area contributed by atoms with Crippen molar-refractivity contribution in [2.24, 2.45) is 5.41 Å². The highest BCUT2D eigenvalue weighted by atomic mass is 15.1. The van der Waals surface area contributed by atoms with E-state index in [2.05, 4.69) is 41.2 Å². The van der Waals surface area contributed by atoms with Crippen LogP contribution in [0.4, 0.5) is 5.69 Å². The molecule has 0 spiro atoms. The Labute approximate surface area is 129 Å². The minimum Gasteiger partial charge on any atom is -0.371 e. The topological polar surface area (TPSA) is 28.2 Å². The molecule has 2 fully saturated rings. The molecule has 1 aromatic rings. The van der Waals surface area contributed by atoms with E-state index >= 15 is 0 Å². The average Bonchev–Trinajstić information content (AvgIpc) is 2.48. The van der Waals surface area contributed by atoms with Gasteiger partial charge in [0, 0.05) is 43.3 Å². The molecule has 1 atom stereocenters. The summed E-state index contributed by atoms with van der Waals surface area (Å²) in [6.45, 7) is 7.18. The molecule has 1 unspecified atom stereocenters. The number of aromatic nitrogens is 1. The van der Waals surface area contributed by atoms with Gasteiger partial charge in [0.25, 0.3) is 0 Å². The van der Waals surface area contributed by atoms with E-state index in [0.717, 1.165) is 19.1 Å². The second-order valence-electron chi connectivity index (χ2n) is 7.59. The first kappa shape index (κ1) is 14.8. The number of piperidine rings is 1. The molecule has 0 bridgehead atoms. The fraction of sp³-hybridized carbons (Fsp3) is 0.722. The summed E-state index contributed by atoms with van der Waals surface area (Å²) in [4.78, 5) is 6.60. The molecule has 1 N–H and O–H groups in total. The standard InChI is InChI=1S/C18H29N3/c1-18(2)9-3-4-16(14-18)20-15-7-12-21(13-8-15)17-5-10-19-11-6-17/h5-6,10-11,15-16,20H,3-4,7-9,12-14H2,1-2H3. The third-order valence-electron chi connectivity index (χ3n) is 5.20. The van der Waals surface area contributed by atoms with E-state index in [1.807, 2.05) is 12.4 Å². The molecule has 1 saturated carbocycles. The summed E-state index contributed by atoms with van der Waals surface area (Å²) in [6, 6.07) is 5.70. The highest BCUT2D eigenvalue weighted by molar-refractivity contribution is 5.44. The number of hydrogen-bond donors (Lipinski definition) is 1. The SMILES string of the molecule is CC1(C)CCCC(NC2CCN(c3ccncc3)CC2)C1. The third-order valence-corrected chi connectivity index (χ3v) is 5.20. The van der Waals surface area contributed by atoms with Crippen molar-refractivity contribution in [3.8, 4) is 0 Å². The Kier molecular flexibility index (Phi) is 4.48. The fourth-order valence-corrected chi connectivity index (χ4v) is 4.03. The van der Waals surface area contributed by atoms with Crippen molar-refractivity contribution < 1.29 is 0 Å². The van der Waals surface area contributed by atoms with E-state index in [4.69, 9.17) is 0 Å². The van der Waals surface area contributed by atoms with Crippen molar-refractivity contribution in [3.05, 3.63) is 24.5 Å². The van der Waals surface area contributed by atoms with E-state index < -0.39 is 0 Å². The predicted molar refractivity (Wildman–Crippen MR) is 88.6 cm³/mol. The maximum Gasteiger partial charge on any atom is 0.0397 e. The highest BCUT2D eigenvalue weighted by Crippen LogP contribution is 2.35. The van der Waals surface area contributed by atoms with Gasteiger partial charge in [0.15, 0.2) is 0 Å². The molecule has 116 valence electrons. The van der Waals surface area contributed by atoms with Crippen molar-refractivity contribution in [2.75, 3.05) is 18.0 Å². The van der Waals surface area contributed by atoms with Crippen LogP contribution in [0, 0.1) is 5.41 Å². The molecule has 21 heavy (non-hydrogen) atoms. The highest BCUT2D eigenvalue weighted by Gasteiger charge is 2.30. The molecule has 1 saturated heterocycles. The number of hydrogen-bond acceptors (Lipinski definition) is 3. The van der Waals surface area contributed by atoms with E-state index in [1.54, 1.807) is 0 Å². The first-order valence-electron chi connectivity index (χ1n) is 8.53. The van der Waals surface area contributed by atoms with Gasteiger partial charge in [-0.25, -0.2) is 0 Å². The van der Waals surface area contributed by atoms with Crippen LogP contribution in [-0.2, 0) is 0 Å². The molecule has 2 aliphatic rings. The zero-order valence-corrected chi connectivity index (χ0v) is 13.5. The molecular formula is C18H29N3. The van der Waals surface area contributed by atoms with E-state index in [-0.39, 0.29) is 0 Å². The number of anilines is 1. The molecule has 0 aromatic carbocycles. The molecule has 1 aromatic heterocycles. The Balaban J connectivity index is 1.48. The van der Waals surface area contributed by atoms with Gasteiger partial charge in [-0.1, -0.05) is 20.3 Å². The second kappa shape index (κ2) is 6.35. The van der Waals surface area contributed by atoms with Crippen LogP contribution in [-0.4, -0.2) is 30.2 Å². The quantitative estimate of drug-likeness (QED) is 0.920. The van der Waals surface area contributed by atoms with E-state index in [0.29, 0.717) is 11.5 Å². The predicted octanol–water partition coefficient (Wildman–Crippen LogP) is 3.61. The van der Waals surface area contributed by atoms with Crippen molar-refractivity contribution in [2.45, 2.75) is 64.5 Å². The fourth-order valence-electron chi connectivity index (χ4n) is 4.03. The maximum atomic E-state index is 4.11. The van der Waals surface area contributed by atoms with E-state index in [9.17, 15) is 0 Å². The average molecular weight is 287 g/mol. The normalized spacial score (nSPS) is 26.8. The van der Waals surface area contributed by atoms with Crippen molar-refractivity contribution >= 4 is 5.69 Å². The van der Waals surface area contributed by atoms with Gasteiger partial charge in [-0.3, -0.25) is 4.98 Å². The smallest absolute Gasteiger partial charge is 0.0397 e. The summed E-state index contributed by atoms with van der Waals surface area (Å²) >= 11 is 0. The summed E-state index contributed by atoms with van der Waals surface area (Å²) < 4.78 is 0. The maximum absolute atomic E-state index is 4.11. The van der Waals surface area contributed by atoms with E-state index in [1.165, 1.54) is 44.2 Å². The Morgan fingerprint density at radius 3 is 2.48 bits per heavy atom. The molecule has 1 aliphatic carbocycles. The lowest BCUT2D eigenvalue weighted by atomic mass is 9.75. The molecule has 0 amide bonds. The minimum atomic E-state index is 0.535. The lowest BCUT2D eigenvalue weighted by molar-refractivity contribution is 0.183. The van der Waals surface area contributed by atoms with Crippen LogP contribution in [0.2, 0.25) is 0 Å². The largest absolute Gasteiger partial charge is 0.371 e. The van der Waals surface area contributed by atoms with Crippen LogP contribution in [0.1, 0.15) is 52.4 Å². The zero-order chi connectivity index (χ0) is 14.7. The summed E-state index contributed by atoms with van der Waals surface area (Å²) in [5.41, 5.74) is 1.86. The van der Waals surface area contributed by atoms with Gasteiger partial charge >= 0.3 is 0 Å². The Hall–Kier alpha value is -1.09. The van der Waals surface area contributed by atoms with Gasteiger partial charge in [0.2, 0.25) is 0 Å². The number of nitrogens with zero attached hydrogens (tertiary/aromatic N) is 2. The summed E-state index contributed by atoms with van der Waals surface area (Å²) in [5.74, 6) is 0. The van der Waals surface area contributed by atoms with Gasteiger partial charge < -0.3 is 10.2 Å². The van der Waals surface area contributed by atoms with Crippen LogP contribution < -0.4 is 10.2 Å². The lowest BCUT2D eigenvalue weighted by Gasteiger charge is -2.40. The molecule has 3 nitrogen and oxygen atoms in total. The van der Waals surface area contributed by atoms with Crippen LogP contribution in [0.3, 0.4) is 0 Å². The first-order valence-corrected chi connectivity index (χ1v) is 8.53. The van der Waals surface area contributed by atoms with Gasteiger partial charge in [0.1, 0.15) is 0 Å². The van der Waals surface area contributed by atoms with Gasteiger partial charge in [-0.15, -0.1) is 0 Å². The lowest BCUT2D eigenvalue weighted by Crippen LogP contribution is -2.48. The van der Waals surface area contributed by atoms with Gasteiger partial charge in [-0.05, 0) is 49.7 Å². The van der Waals surface area contributed by atoms with Crippen LogP contribution in [0.15, 0.2) is 24.5 Å². The summed E-state index contributed by atoms with van der Waals surface area (Å²) in [6.07, 6.45) is 11.8. The van der Waals surface area contributed by atoms with Crippen molar-refractivity contribution in [3.63, 3.8) is 0 Å². The van der Waals surface area contributed by atoms with Crippen LogP contribution >= 0.6 is 0 Å². The number of nitrogens with one attached hydrogen (secondary N) is 1.